The van der Waals surface area contributed by atoms with Gasteiger partial charge in [0, 0.05) is 6.04 Å². The molecule has 0 unspecified atom stereocenters. The van der Waals surface area contributed by atoms with Gasteiger partial charge in [-0.05, 0) is 24.8 Å². The zero-order valence-corrected chi connectivity index (χ0v) is 6.03. The third-order valence-corrected chi connectivity index (χ3v) is 2.33. The first-order valence-corrected chi connectivity index (χ1v) is 3.26. The van der Waals surface area contributed by atoms with Crippen molar-refractivity contribution < 1.29 is 5.11 Å². The van der Waals surface area contributed by atoms with E-state index < -0.39 is 0 Å². The van der Waals surface area contributed by atoms with Crippen molar-refractivity contribution in [3.05, 3.63) is 0 Å². The highest BCUT2D eigenvalue weighted by atomic mass is 35.5. The van der Waals surface area contributed by atoms with Crippen LogP contribution in [-0.4, -0.2) is 24.3 Å². The van der Waals surface area contributed by atoms with E-state index in [9.17, 15) is 0 Å². The quantitative estimate of drug-likeness (QED) is 0.551. The Bertz CT molecular complexity index is 109. The number of rotatable bonds is 1. The normalized spacial score (nSPS) is 45.7. The van der Waals surface area contributed by atoms with Crippen molar-refractivity contribution in [1.82, 2.24) is 5.32 Å². The second-order valence-corrected chi connectivity index (χ2v) is 2.86. The van der Waals surface area contributed by atoms with E-state index in [0.717, 1.165) is 18.4 Å². The van der Waals surface area contributed by atoms with E-state index in [4.69, 9.17) is 5.11 Å². The van der Waals surface area contributed by atoms with E-state index in [0.29, 0.717) is 12.6 Å². The molecule has 0 aromatic heterocycles. The van der Waals surface area contributed by atoms with Crippen LogP contribution < -0.4 is 5.32 Å². The molecule has 1 aliphatic carbocycles. The number of aliphatic hydroxyl groups is 1. The lowest BCUT2D eigenvalue weighted by Crippen LogP contribution is -2.29. The van der Waals surface area contributed by atoms with E-state index in [1.54, 1.807) is 0 Å². The summed E-state index contributed by atoms with van der Waals surface area (Å²) in [5.41, 5.74) is 0. The van der Waals surface area contributed by atoms with Crippen LogP contribution in [0.25, 0.3) is 0 Å². The molecular formula is C6H12ClNO. The summed E-state index contributed by atoms with van der Waals surface area (Å²) in [5.74, 6) is 1.76. The second-order valence-electron chi connectivity index (χ2n) is 2.86. The summed E-state index contributed by atoms with van der Waals surface area (Å²) in [5, 5.41) is 12.0. The van der Waals surface area contributed by atoms with Gasteiger partial charge in [-0.1, -0.05) is 0 Å². The molecule has 2 fully saturated rings. The molecule has 1 saturated carbocycles. The molecule has 0 bridgehead atoms. The zero-order valence-electron chi connectivity index (χ0n) is 5.21. The van der Waals surface area contributed by atoms with Crippen LogP contribution in [0, 0.1) is 11.8 Å². The molecule has 0 aromatic rings. The Balaban J connectivity index is 0.000000405. The Kier molecular flexibility index (Phi) is 1.99. The summed E-state index contributed by atoms with van der Waals surface area (Å²) in [4.78, 5) is 0. The molecule has 9 heavy (non-hydrogen) atoms. The number of hydrogen-bond donors (Lipinski definition) is 2. The lowest BCUT2D eigenvalue weighted by molar-refractivity contribution is 0.242. The fourth-order valence-electron chi connectivity index (χ4n) is 1.65. The van der Waals surface area contributed by atoms with E-state index in [1.165, 1.54) is 6.42 Å². The molecular weight excluding hydrogens is 138 g/mol. The van der Waals surface area contributed by atoms with Crippen LogP contribution in [-0.2, 0) is 0 Å². The highest BCUT2D eigenvalue weighted by Crippen LogP contribution is 2.44. The van der Waals surface area contributed by atoms with Gasteiger partial charge in [0.25, 0.3) is 0 Å². The lowest BCUT2D eigenvalue weighted by Gasteiger charge is -2.06. The third kappa shape index (κ3) is 1.07. The maximum Gasteiger partial charge on any atom is 0.0587 e. The average Bonchev–Trinajstić information content (AvgIpc) is 2.46. The Morgan fingerprint density at radius 1 is 1.56 bits per heavy atom. The first-order valence-electron chi connectivity index (χ1n) is 3.26. The Morgan fingerprint density at radius 2 is 2.33 bits per heavy atom. The minimum Gasteiger partial charge on any atom is -0.395 e. The van der Waals surface area contributed by atoms with E-state index >= 15 is 0 Å². The van der Waals surface area contributed by atoms with Gasteiger partial charge >= 0.3 is 0 Å². The first-order chi connectivity index (χ1) is 3.92. The molecule has 0 spiro atoms. The number of aliphatic hydroxyl groups excluding tert-OH is 1. The molecule has 0 amide bonds. The molecule has 2 nitrogen and oxygen atoms in total. The van der Waals surface area contributed by atoms with E-state index in [-0.39, 0.29) is 12.4 Å². The van der Waals surface area contributed by atoms with Crippen LogP contribution in [0.1, 0.15) is 6.42 Å². The second kappa shape index (κ2) is 2.45. The molecule has 1 heterocycles. The maximum atomic E-state index is 8.70. The van der Waals surface area contributed by atoms with Crippen LogP contribution in [0.2, 0.25) is 0 Å². The number of nitrogens with one attached hydrogen (secondary N) is 1. The van der Waals surface area contributed by atoms with Crippen LogP contribution in [0.4, 0.5) is 0 Å². The summed E-state index contributed by atoms with van der Waals surface area (Å²) < 4.78 is 0. The molecule has 3 heteroatoms. The molecule has 1 aliphatic heterocycles. The molecule has 2 aliphatic rings. The molecule has 0 radical (unpaired) electrons. The number of piperidine rings is 1. The van der Waals surface area contributed by atoms with E-state index in [2.05, 4.69) is 5.32 Å². The van der Waals surface area contributed by atoms with Gasteiger partial charge in [0.05, 0.1) is 6.61 Å². The van der Waals surface area contributed by atoms with Crippen LogP contribution >= 0.6 is 12.4 Å². The molecule has 3 atom stereocenters. The van der Waals surface area contributed by atoms with Gasteiger partial charge < -0.3 is 10.4 Å². The third-order valence-electron chi connectivity index (χ3n) is 2.33. The van der Waals surface area contributed by atoms with Crippen LogP contribution in [0.5, 0.6) is 0 Å². The van der Waals surface area contributed by atoms with Crippen molar-refractivity contribution >= 4 is 12.4 Å². The molecule has 2 rings (SSSR count). The van der Waals surface area contributed by atoms with Crippen molar-refractivity contribution in [1.29, 1.82) is 0 Å². The summed E-state index contributed by atoms with van der Waals surface area (Å²) in [6, 6.07) is 0.444. The summed E-state index contributed by atoms with van der Waals surface area (Å²) in [6.45, 7) is 1.48. The van der Waals surface area contributed by atoms with Crippen molar-refractivity contribution in [3.63, 3.8) is 0 Å². The van der Waals surface area contributed by atoms with Gasteiger partial charge in [-0.2, -0.15) is 0 Å². The van der Waals surface area contributed by atoms with Gasteiger partial charge in [-0.25, -0.2) is 0 Å². The summed E-state index contributed by atoms with van der Waals surface area (Å²) >= 11 is 0. The van der Waals surface area contributed by atoms with Crippen LogP contribution in [0.15, 0.2) is 0 Å². The Morgan fingerprint density at radius 3 is 2.56 bits per heavy atom. The molecule has 1 saturated heterocycles. The summed E-state index contributed by atoms with van der Waals surface area (Å²) in [7, 11) is 0. The maximum absolute atomic E-state index is 8.70. The highest BCUT2D eigenvalue weighted by molar-refractivity contribution is 5.85. The SMILES string of the molecule is Cl.OC[C@@H]1NC[C@H]2C[C@H]21. The predicted octanol–water partition coefficient (Wildman–Crippen LogP) is 0.00840. The van der Waals surface area contributed by atoms with Crippen molar-refractivity contribution in [3.8, 4) is 0 Å². The number of fused-ring (bicyclic) bond motifs is 1. The van der Waals surface area contributed by atoms with Gasteiger partial charge in [0.15, 0.2) is 0 Å². The Labute approximate surface area is 61.0 Å². The molecule has 2 N–H and O–H groups in total. The number of halogens is 1. The minimum absolute atomic E-state index is 0. The Hall–Kier alpha value is 0.210. The fourth-order valence-corrected chi connectivity index (χ4v) is 1.65. The van der Waals surface area contributed by atoms with Crippen molar-refractivity contribution in [2.45, 2.75) is 12.5 Å². The largest absolute Gasteiger partial charge is 0.395 e. The van der Waals surface area contributed by atoms with E-state index in [1.807, 2.05) is 0 Å². The first kappa shape index (κ1) is 7.32. The van der Waals surface area contributed by atoms with Crippen molar-refractivity contribution in [2.75, 3.05) is 13.2 Å². The van der Waals surface area contributed by atoms with Gasteiger partial charge in [0.2, 0.25) is 0 Å². The van der Waals surface area contributed by atoms with Gasteiger partial charge in [0.1, 0.15) is 0 Å². The molecule has 54 valence electrons. The van der Waals surface area contributed by atoms with Gasteiger partial charge in [-0.15, -0.1) is 12.4 Å². The monoisotopic (exact) mass is 149 g/mol. The average molecular weight is 150 g/mol. The van der Waals surface area contributed by atoms with Crippen LogP contribution in [0.3, 0.4) is 0 Å². The smallest absolute Gasteiger partial charge is 0.0587 e. The van der Waals surface area contributed by atoms with Gasteiger partial charge in [-0.3, -0.25) is 0 Å². The molecule has 0 aromatic carbocycles. The lowest BCUT2D eigenvalue weighted by atomic mass is 10.2. The summed E-state index contributed by atoms with van der Waals surface area (Å²) in [6.07, 6.45) is 1.36. The number of hydrogen-bond acceptors (Lipinski definition) is 2. The highest BCUT2D eigenvalue weighted by Gasteiger charge is 2.47. The fraction of sp³-hybridized carbons (Fsp3) is 1.00. The van der Waals surface area contributed by atoms with Crippen molar-refractivity contribution in [2.24, 2.45) is 11.8 Å². The predicted molar refractivity (Wildman–Crippen MR) is 37.7 cm³/mol. The topological polar surface area (TPSA) is 32.3 Å². The standard InChI is InChI=1S/C6H11NO.ClH/c8-3-6-5-1-4(5)2-7-6;/h4-8H,1-3H2;1H/t4-,5-,6+;/m1./s1. The minimum atomic E-state index is 0. The zero-order chi connectivity index (χ0) is 5.56.